The van der Waals surface area contributed by atoms with E-state index in [1.54, 1.807) is 24.3 Å². The number of hydrogen-bond donors (Lipinski definition) is 0. The minimum absolute atomic E-state index is 0.203. The maximum absolute atomic E-state index is 12.9. The normalized spacial score (nSPS) is 14.7. The van der Waals surface area contributed by atoms with Gasteiger partial charge in [-0.1, -0.05) is 69.5 Å². The molecule has 0 radical (unpaired) electrons. The van der Waals surface area contributed by atoms with Gasteiger partial charge in [-0.15, -0.1) is 0 Å². The number of hydrogen-bond acceptors (Lipinski definition) is 5. The van der Waals surface area contributed by atoms with Crippen molar-refractivity contribution in [3.05, 3.63) is 96.8 Å². The van der Waals surface area contributed by atoms with Gasteiger partial charge in [0.05, 0.1) is 23.6 Å². The summed E-state index contributed by atoms with van der Waals surface area (Å²) in [6, 6.07) is 18.2. The van der Waals surface area contributed by atoms with E-state index in [9.17, 15) is 9.59 Å². The monoisotopic (exact) mass is 577 g/mol. The van der Waals surface area contributed by atoms with Crippen molar-refractivity contribution in [2.24, 2.45) is 0 Å². The number of imide groups is 1. The SMILES string of the molecule is COc1cc(/C=C2\SC(=O)N(Cc3ccc(Br)cc3)C2=O)cc(Cl)c1OCc1ccccc1Cl. The Labute approximate surface area is 219 Å². The first-order valence-electron chi connectivity index (χ1n) is 10.1. The molecule has 1 aliphatic heterocycles. The van der Waals surface area contributed by atoms with Gasteiger partial charge in [0.1, 0.15) is 6.61 Å². The first-order valence-corrected chi connectivity index (χ1v) is 12.5. The van der Waals surface area contributed by atoms with Crippen LogP contribution in [0.4, 0.5) is 4.79 Å². The Kier molecular flexibility index (Phi) is 7.88. The predicted octanol–water partition coefficient (Wildman–Crippen LogP) is 7.58. The summed E-state index contributed by atoms with van der Waals surface area (Å²) < 4.78 is 12.3. The van der Waals surface area contributed by atoms with Crippen molar-refractivity contribution in [1.29, 1.82) is 0 Å². The zero-order chi connectivity index (χ0) is 24.2. The van der Waals surface area contributed by atoms with Crippen LogP contribution in [0.15, 0.2) is 70.0 Å². The second-order valence-corrected chi connectivity index (χ2v) is 10.0. The van der Waals surface area contributed by atoms with Crippen LogP contribution in [0.3, 0.4) is 0 Å². The molecule has 1 fully saturated rings. The van der Waals surface area contributed by atoms with Crippen molar-refractivity contribution < 1.29 is 19.1 Å². The van der Waals surface area contributed by atoms with Crippen molar-refractivity contribution in [1.82, 2.24) is 4.90 Å². The molecule has 5 nitrogen and oxygen atoms in total. The quantitative estimate of drug-likeness (QED) is 0.270. The number of methoxy groups -OCH3 is 1. The minimum Gasteiger partial charge on any atom is -0.493 e. The summed E-state index contributed by atoms with van der Waals surface area (Å²) in [5.74, 6) is 0.413. The Hall–Kier alpha value is -2.45. The van der Waals surface area contributed by atoms with Gasteiger partial charge in [0.2, 0.25) is 0 Å². The summed E-state index contributed by atoms with van der Waals surface area (Å²) in [5.41, 5.74) is 2.28. The molecule has 0 bridgehead atoms. The molecule has 3 aromatic rings. The zero-order valence-corrected chi connectivity index (χ0v) is 21.8. The van der Waals surface area contributed by atoms with E-state index in [2.05, 4.69) is 15.9 Å². The van der Waals surface area contributed by atoms with E-state index >= 15 is 0 Å². The fraction of sp³-hybridized carbons (Fsp3) is 0.120. The Morgan fingerprint density at radius 2 is 1.76 bits per heavy atom. The summed E-state index contributed by atoms with van der Waals surface area (Å²) in [5, 5.41) is 0.580. The van der Waals surface area contributed by atoms with Crippen LogP contribution in [0.5, 0.6) is 11.5 Å². The maximum atomic E-state index is 12.9. The highest BCUT2D eigenvalue weighted by atomic mass is 79.9. The highest BCUT2D eigenvalue weighted by molar-refractivity contribution is 9.10. The molecule has 9 heteroatoms. The van der Waals surface area contributed by atoms with Crippen molar-refractivity contribution in [3.8, 4) is 11.5 Å². The van der Waals surface area contributed by atoms with Gasteiger partial charge >= 0.3 is 0 Å². The number of benzene rings is 3. The molecule has 0 N–H and O–H groups in total. The number of halogens is 3. The molecule has 0 unspecified atom stereocenters. The van der Waals surface area contributed by atoms with Crippen LogP contribution in [-0.4, -0.2) is 23.2 Å². The van der Waals surface area contributed by atoms with Gasteiger partial charge in [-0.25, -0.2) is 0 Å². The third kappa shape index (κ3) is 5.61. The van der Waals surface area contributed by atoms with Crippen molar-refractivity contribution in [3.63, 3.8) is 0 Å². The van der Waals surface area contributed by atoms with Crippen molar-refractivity contribution in [2.45, 2.75) is 13.2 Å². The highest BCUT2D eigenvalue weighted by Gasteiger charge is 2.35. The van der Waals surface area contributed by atoms with Gasteiger partial charge in [-0.05, 0) is 59.3 Å². The fourth-order valence-corrected chi connectivity index (χ4v) is 4.86. The number of ether oxygens (including phenoxy) is 2. The van der Waals surface area contributed by atoms with Gasteiger partial charge in [0.15, 0.2) is 11.5 Å². The summed E-state index contributed by atoms with van der Waals surface area (Å²) in [4.78, 5) is 26.9. The lowest BCUT2D eigenvalue weighted by Gasteiger charge is -2.14. The average Bonchev–Trinajstić information content (AvgIpc) is 3.07. The fourth-order valence-electron chi connectivity index (χ4n) is 3.29. The second kappa shape index (κ2) is 10.9. The Bertz CT molecular complexity index is 1280. The van der Waals surface area contributed by atoms with E-state index < -0.39 is 0 Å². The molecule has 0 aliphatic carbocycles. The number of thioether (sulfide) groups is 1. The molecule has 1 aliphatic rings. The molecule has 0 spiro atoms. The van der Waals surface area contributed by atoms with Crippen LogP contribution in [0.2, 0.25) is 10.0 Å². The molecule has 0 aromatic heterocycles. The van der Waals surface area contributed by atoms with Crippen LogP contribution in [0.1, 0.15) is 16.7 Å². The minimum atomic E-state index is -0.355. The number of carbonyl (C=O) groups excluding carboxylic acids is 2. The molecule has 34 heavy (non-hydrogen) atoms. The van der Waals surface area contributed by atoms with Gasteiger partial charge in [-0.3, -0.25) is 14.5 Å². The van der Waals surface area contributed by atoms with Crippen LogP contribution < -0.4 is 9.47 Å². The van der Waals surface area contributed by atoms with Gasteiger partial charge in [0.25, 0.3) is 11.1 Å². The molecule has 3 aromatic carbocycles. The molecule has 4 rings (SSSR count). The Morgan fingerprint density at radius 1 is 1.03 bits per heavy atom. The van der Waals surface area contributed by atoms with Crippen LogP contribution in [0, 0.1) is 0 Å². The summed E-state index contributed by atoms with van der Waals surface area (Å²) in [6.45, 7) is 0.415. The molecule has 1 saturated heterocycles. The van der Waals surface area contributed by atoms with E-state index in [4.69, 9.17) is 32.7 Å². The molecular weight excluding hydrogens is 561 g/mol. The zero-order valence-electron chi connectivity index (χ0n) is 17.9. The summed E-state index contributed by atoms with van der Waals surface area (Å²) in [6.07, 6.45) is 1.62. The van der Waals surface area contributed by atoms with Crippen LogP contribution >= 0.6 is 50.9 Å². The van der Waals surface area contributed by atoms with Gasteiger partial charge in [0, 0.05) is 15.1 Å². The van der Waals surface area contributed by atoms with Gasteiger partial charge < -0.3 is 9.47 Å². The predicted molar refractivity (Wildman–Crippen MR) is 139 cm³/mol. The van der Waals surface area contributed by atoms with Gasteiger partial charge in [-0.2, -0.15) is 0 Å². The largest absolute Gasteiger partial charge is 0.493 e. The standard InChI is InChI=1S/C25H18BrCl2NO4S/c1-32-21-11-16(10-20(28)23(21)33-14-17-4-2-3-5-19(17)27)12-22-24(30)29(25(31)34-22)13-15-6-8-18(26)9-7-15/h2-12H,13-14H2,1H3/b22-12-. The molecule has 174 valence electrons. The first-order chi connectivity index (χ1) is 16.4. The van der Waals surface area contributed by atoms with Crippen LogP contribution in [0.25, 0.3) is 6.08 Å². The van der Waals surface area contributed by atoms with E-state index in [-0.39, 0.29) is 24.3 Å². The summed E-state index contributed by atoms with van der Waals surface area (Å²) >= 11 is 16.9. The van der Waals surface area contributed by atoms with E-state index in [1.807, 2.05) is 42.5 Å². The molecular formula is C25H18BrCl2NO4S. The first kappa shape index (κ1) is 24.7. The Balaban J connectivity index is 1.53. The van der Waals surface area contributed by atoms with E-state index in [0.29, 0.717) is 32.0 Å². The number of nitrogens with zero attached hydrogens (tertiary/aromatic N) is 1. The lowest BCUT2D eigenvalue weighted by Crippen LogP contribution is -2.27. The van der Waals surface area contributed by atoms with Crippen molar-refractivity contribution >= 4 is 68.1 Å². The van der Waals surface area contributed by atoms with Crippen LogP contribution in [-0.2, 0) is 17.9 Å². The summed E-state index contributed by atoms with van der Waals surface area (Å²) in [7, 11) is 1.50. The number of rotatable bonds is 7. The third-order valence-corrected chi connectivity index (χ3v) is 7.09. The Morgan fingerprint density at radius 3 is 2.47 bits per heavy atom. The lowest BCUT2D eigenvalue weighted by atomic mass is 10.1. The number of carbonyl (C=O) groups is 2. The lowest BCUT2D eigenvalue weighted by molar-refractivity contribution is -0.123. The number of amides is 2. The average molecular weight is 579 g/mol. The second-order valence-electron chi connectivity index (χ2n) is 7.31. The molecule has 2 amide bonds. The molecule has 0 saturated carbocycles. The topological polar surface area (TPSA) is 55.8 Å². The molecule has 1 heterocycles. The maximum Gasteiger partial charge on any atom is 0.293 e. The van der Waals surface area contributed by atoms with E-state index in [0.717, 1.165) is 27.4 Å². The van der Waals surface area contributed by atoms with E-state index in [1.165, 1.54) is 12.0 Å². The highest BCUT2D eigenvalue weighted by Crippen LogP contribution is 2.39. The molecule has 0 atom stereocenters. The smallest absolute Gasteiger partial charge is 0.293 e. The third-order valence-electron chi connectivity index (χ3n) is 5.01. The van der Waals surface area contributed by atoms with Crippen molar-refractivity contribution in [2.75, 3.05) is 7.11 Å².